The molecule has 0 aliphatic carbocycles. The van der Waals surface area contributed by atoms with Crippen molar-refractivity contribution in [2.45, 2.75) is 19.8 Å². The molecule has 3 nitrogen and oxygen atoms in total. The van der Waals surface area contributed by atoms with Crippen molar-refractivity contribution < 1.29 is 4.79 Å². The maximum atomic E-state index is 11.7. The Balaban J connectivity index is 1.86. The van der Waals surface area contributed by atoms with E-state index in [1.165, 1.54) is 5.56 Å². The highest BCUT2D eigenvalue weighted by Crippen LogP contribution is 2.03. The lowest BCUT2D eigenvalue weighted by Gasteiger charge is -2.20. The Bertz CT molecular complexity index is 482. The smallest absolute Gasteiger partial charge is 0.219 e. The van der Waals surface area contributed by atoms with Crippen LogP contribution in [0.5, 0.6) is 0 Å². The average molecular weight is 268 g/mol. The van der Waals surface area contributed by atoms with Crippen molar-refractivity contribution in [3.63, 3.8) is 0 Å². The molecule has 0 atom stereocenters. The van der Waals surface area contributed by atoms with E-state index in [9.17, 15) is 4.79 Å². The average Bonchev–Trinajstić information content (AvgIpc) is 2.49. The second kappa shape index (κ2) is 7.43. The summed E-state index contributed by atoms with van der Waals surface area (Å²) in [6.45, 7) is 3.11. The molecule has 20 heavy (non-hydrogen) atoms. The Morgan fingerprint density at radius 2 is 1.70 bits per heavy atom. The van der Waals surface area contributed by atoms with Crippen molar-refractivity contribution in [1.29, 1.82) is 0 Å². The van der Waals surface area contributed by atoms with Crippen LogP contribution in [0.2, 0.25) is 0 Å². The highest BCUT2D eigenvalue weighted by atomic mass is 16.2. The van der Waals surface area contributed by atoms with E-state index < -0.39 is 0 Å². The summed E-state index contributed by atoms with van der Waals surface area (Å²) in [6, 6.07) is 16.1. The van der Waals surface area contributed by atoms with Gasteiger partial charge in [-0.05, 0) is 24.1 Å². The normalized spacial score (nSPS) is 10.2. The molecule has 1 amide bonds. The maximum Gasteiger partial charge on any atom is 0.219 e. The summed E-state index contributed by atoms with van der Waals surface area (Å²) in [5, 5.41) is 0. The molecule has 2 rings (SSSR count). The second-order valence-electron chi connectivity index (χ2n) is 4.81. The van der Waals surface area contributed by atoms with Gasteiger partial charge in [-0.3, -0.25) is 9.78 Å². The molecule has 0 radical (unpaired) electrons. The number of hydrogen-bond donors (Lipinski definition) is 0. The Hall–Kier alpha value is -2.16. The number of nitrogens with zero attached hydrogens (tertiary/aromatic N) is 2. The first-order valence-electron chi connectivity index (χ1n) is 6.95. The van der Waals surface area contributed by atoms with Gasteiger partial charge in [0.25, 0.3) is 0 Å². The van der Waals surface area contributed by atoms with Crippen molar-refractivity contribution in [2.24, 2.45) is 0 Å². The van der Waals surface area contributed by atoms with Crippen LogP contribution in [0.4, 0.5) is 0 Å². The Kier molecular flexibility index (Phi) is 5.30. The topological polar surface area (TPSA) is 33.2 Å². The van der Waals surface area contributed by atoms with Gasteiger partial charge in [0.05, 0.1) is 0 Å². The lowest BCUT2D eigenvalue weighted by molar-refractivity contribution is -0.128. The molecule has 0 fully saturated rings. The third-order valence-corrected chi connectivity index (χ3v) is 3.32. The fraction of sp³-hybridized carbons (Fsp3) is 0.294. The Morgan fingerprint density at radius 3 is 2.35 bits per heavy atom. The number of hydrogen-bond acceptors (Lipinski definition) is 2. The zero-order valence-corrected chi connectivity index (χ0v) is 11.8. The van der Waals surface area contributed by atoms with Crippen molar-refractivity contribution in [2.75, 3.05) is 13.1 Å². The van der Waals surface area contributed by atoms with Gasteiger partial charge in [-0.1, -0.05) is 36.4 Å². The van der Waals surface area contributed by atoms with Crippen LogP contribution < -0.4 is 0 Å². The summed E-state index contributed by atoms with van der Waals surface area (Å²) in [4.78, 5) is 17.9. The molecule has 0 saturated heterocycles. The fourth-order valence-corrected chi connectivity index (χ4v) is 2.13. The highest BCUT2D eigenvalue weighted by molar-refractivity contribution is 5.73. The zero-order chi connectivity index (χ0) is 14.2. The van der Waals surface area contributed by atoms with Gasteiger partial charge < -0.3 is 4.90 Å². The molecule has 1 aromatic carbocycles. The molecular formula is C17H20N2O. The molecule has 104 valence electrons. The van der Waals surface area contributed by atoms with Gasteiger partial charge in [-0.15, -0.1) is 0 Å². The van der Waals surface area contributed by atoms with E-state index in [2.05, 4.69) is 17.1 Å². The van der Waals surface area contributed by atoms with Crippen LogP contribution in [0.1, 0.15) is 18.2 Å². The molecule has 0 saturated carbocycles. The summed E-state index contributed by atoms with van der Waals surface area (Å²) in [6.07, 6.45) is 3.48. The molecule has 0 aliphatic heterocycles. The second-order valence-corrected chi connectivity index (χ2v) is 4.81. The maximum absolute atomic E-state index is 11.7. The molecule has 0 spiro atoms. The van der Waals surface area contributed by atoms with Crippen molar-refractivity contribution in [3.05, 3.63) is 66.0 Å². The number of rotatable bonds is 6. The molecule has 3 heteroatoms. The summed E-state index contributed by atoms with van der Waals surface area (Å²) in [7, 11) is 0. The minimum Gasteiger partial charge on any atom is -0.342 e. The molecule has 2 aromatic rings. The molecule has 1 aromatic heterocycles. The first-order chi connectivity index (χ1) is 9.75. The van der Waals surface area contributed by atoms with Crippen molar-refractivity contribution in [3.8, 4) is 0 Å². The standard InChI is InChI=1S/C17H20N2O/c1-15(20)19(13-10-16-7-3-2-4-8-16)14-11-17-9-5-6-12-18-17/h2-9,12H,10-11,13-14H2,1H3. The number of amides is 1. The molecular weight excluding hydrogens is 248 g/mol. The fourth-order valence-electron chi connectivity index (χ4n) is 2.13. The molecule has 0 N–H and O–H groups in total. The molecule has 1 heterocycles. The van der Waals surface area contributed by atoms with E-state index in [-0.39, 0.29) is 5.91 Å². The minimum absolute atomic E-state index is 0.122. The van der Waals surface area contributed by atoms with Crippen molar-refractivity contribution in [1.82, 2.24) is 9.88 Å². The monoisotopic (exact) mass is 268 g/mol. The van der Waals surface area contributed by atoms with E-state index in [1.807, 2.05) is 41.3 Å². The largest absolute Gasteiger partial charge is 0.342 e. The van der Waals surface area contributed by atoms with E-state index in [4.69, 9.17) is 0 Å². The van der Waals surface area contributed by atoms with Gasteiger partial charge in [0.15, 0.2) is 0 Å². The first-order valence-corrected chi connectivity index (χ1v) is 6.95. The van der Waals surface area contributed by atoms with Crippen LogP contribution >= 0.6 is 0 Å². The zero-order valence-electron chi connectivity index (χ0n) is 11.8. The van der Waals surface area contributed by atoms with Gasteiger partial charge in [0.2, 0.25) is 5.91 Å². The number of carbonyl (C=O) groups excluding carboxylic acids is 1. The van der Waals surface area contributed by atoms with Crippen LogP contribution in [0.25, 0.3) is 0 Å². The van der Waals surface area contributed by atoms with E-state index >= 15 is 0 Å². The molecule has 0 aliphatic rings. The van der Waals surface area contributed by atoms with Crippen LogP contribution in [0.15, 0.2) is 54.7 Å². The third kappa shape index (κ3) is 4.50. The predicted molar refractivity (Wildman–Crippen MR) is 80.3 cm³/mol. The van der Waals surface area contributed by atoms with Gasteiger partial charge >= 0.3 is 0 Å². The quantitative estimate of drug-likeness (QED) is 0.807. The number of aromatic nitrogens is 1. The predicted octanol–water partition coefficient (Wildman–Crippen LogP) is 2.72. The van der Waals surface area contributed by atoms with E-state index in [0.717, 1.165) is 31.6 Å². The van der Waals surface area contributed by atoms with E-state index in [0.29, 0.717) is 0 Å². The van der Waals surface area contributed by atoms with Crippen LogP contribution in [0.3, 0.4) is 0 Å². The summed E-state index contributed by atoms with van der Waals surface area (Å²) < 4.78 is 0. The summed E-state index contributed by atoms with van der Waals surface area (Å²) >= 11 is 0. The highest BCUT2D eigenvalue weighted by Gasteiger charge is 2.09. The van der Waals surface area contributed by atoms with Crippen LogP contribution in [0, 0.1) is 0 Å². The lowest BCUT2D eigenvalue weighted by Crippen LogP contribution is -2.32. The van der Waals surface area contributed by atoms with Crippen LogP contribution in [-0.4, -0.2) is 28.9 Å². The van der Waals surface area contributed by atoms with Crippen molar-refractivity contribution >= 4 is 5.91 Å². The molecule has 0 bridgehead atoms. The first kappa shape index (κ1) is 14.3. The number of pyridine rings is 1. The van der Waals surface area contributed by atoms with Gasteiger partial charge in [0, 0.05) is 38.3 Å². The molecule has 0 unspecified atom stereocenters. The van der Waals surface area contributed by atoms with Gasteiger partial charge in [-0.25, -0.2) is 0 Å². The number of benzene rings is 1. The summed E-state index contributed by atoms with van der Waals surface area (Å²) in [5.41, 5.74) is 2.29. The Morgan fingerprint density at radius 1 is 1.00 bits per heavy atom. The third-order valence-electron chi connectivity index (χ3n) is 3.32. The van der Waals surface area contributed by atoms with Crippen LogP contribution in [-0.2, 0) is 17.6 Å². The minimum atomic E-state index is 0.122. The lowest BCUT2D eigenvalue weighted by atomic mass is 10.1. The van der Waals surface area contributed by atoms with E-state index in [1.54, 1.807) is 13.1 Å². The van der Waals surface area contributed by atoms with Gasteiger partial charge in [0.1, 0.15) is 0 Å². The SMILES string of the molecule is CC(=O)N(CCc1ccccc1)CCc1ccccn1. The van der Waals surface area contributed by atoms with Gasteiger partial charge in [-0.2, -0.15) is 0 Å². The number of carbonyl (C=O) groups is 1. The summed E-state index contributed by atoms with van der Waals surface area (Å²) in [5.74, 6) is 0.122. The Labute approximate surface area is 120 Å².